The minimum Gasteiger partial charge on any atom is -0.478 e. The number of carbonyl (C=O) groups excluding carboxylic acids is 1. The first-order chi connectivity index (χ1) is 9.59. The van der Waals surface area contributed by atoms with Crippen LogP contribution >= 0.6 is 0 Å². The Balaban J connectivity index is 2.21. The highest BCUT2D eigenvalue weighted by atomic mass is 16.4. The van der Waals surface area contributed by atoms with Gasteiger partial charge in [0.05, 0.1) is 5.56 Å². The lowest BCUT2D eigenvalue weighted by molar-refractivity contribution is 0.0678. The lowest BCUT2D eigenvalue weighted by atomic mass is 10.1. The summed E-state index contributed by atoms with van der Waals surface area (Å²) in [6.07, 6.45) is 4.70. The summed E-state index contributed by atoms with van der Waals surface area (Å²) in [6, 6.07) is 6.46. The van der Waals surface area contributed by atoms with Crippen LogP contribution in [-0.4, -0.2) is 38.9 Å². The maximum absolute atomic E-state index is 12.3. The number of rotatable bonds is 4. The van der Waals surface area contributed by atoms with E-state index >= 15 is 0 Å². The molecular weight excluding hydrogens is 258 g/mol. The quantitative estimate of drug-likeness (QED) is 0.909. The first-order valence-corrected chi connectivity index (χ1v) is 5.92. The van der Waals surface area contributed by atoms with E-state index in [0.717, 1.165) is 5.56 Å². The summed E-state index contributed by atoms with van der Waals surface area (Å²) in [5.41, 5.74) is 0.693. The first-order valence-electron chi connectivity index (χ1n) is 5.92. The van der Waals surface area contributed by atoms with Crippen LogP contribution in [0.2, 0.25) is 0 Å². The second-order valence-corrected chi connectivity index (χ2v) is 4.23. The van der Waals surface area contributed by atoms with Crippen molar-refractivity contribution in [2.45, 2.75) is 6.54 Å². The zero-order valence-corrected chi connectivity index (χ0v) is 10.9. The molecule has 0 saturated heterocycles. The van der Waals surface area contributed by atoms with E-state index < -0.39 is 11.9 Å². The average molecular weight is 271 g/mol. The number of nitrogens with zero attached hydrogens (tertiary/aromatic N) is 3. The number of carbonyl (C=O) groups is 2. The van der Waals surface area contributed by atoms with Gasteiger partial charge in [0.1, 0.15) is 5.69 Å². The Kier molecular flexibility index (Phi) is 4.05. The minimum atomic E-state index is -1.17. The number of amides is 1. The highest BCUT2D eigenvalue weighted by molar-refractivity contribution is 6.03. The van der Waals surface area contributed by atoms with E-state index in [2.05, 4.69) is 9.97 Å². The van der Waals surface area contributed by atoms with Gasteiger partial charge in [-0.3, -0.25) is 14.8 Å². The summed E-state index contributed by atoms with van der Waals surface area (Å²) in [5.74, 6) is -1.61. The molecule has 0 aliphatic rings. The normalized spacial score (nSPS) is 10.1. The molecule has 0 saturated carbocycles. The Morgan fingerprint density at radius 3 is 2.65 bits per heavy atom. The lowest BCUT2D eigenvalue weighted by Crippen LogP contribution is -2.28. The van der Waals surface area contributed by atoms with Crippen molar-refractivity contribution in [3.8, 4) is 0 Å². The van der Waals surface area contributed by atoms with E-state index in [0.29, 0.717) is 6.54 Å². The summed E-state index contributed by atoms with van der Waals surface area (Å²) in [7, 11) is 1.59. The largest absolute Gasteiger partial charge is 0.478 e. The smallest absolute Gasteiger partial charge is 0.338 e. The van der Waals surface area contributed by atoms with Crippen molar-refractivity contribution in [2.75, 3.05) is 7.05 Å². The van der Waals surface area contributed by atoms with Gasteiger partial charge in [-0.2, -0.15) is 0 Å². The van der Waals surface area contributed by atoms with Crippen molar-refractivity contribution in [1.82, 2.24) is 14.9 Å². The third-order valence-electron chi connectivity index (χ3n) is 2.73. The maximum atomic E-state index is 12.3. The summed E-state index contributed by atoms with van der Waals surface area (Å²) in [5, 5.41) is 9.07. The van der Waals surface area contributed by atoms with Crippen LogP contribution in [0.1, 0.15) is 26.4 Å². The molecule has 0 aliphatic carbocycles. The molecule has 0 fully saturated rings. The van der Waals surface area contributed by atoms with Gasteiger partial charge in [0.25, 0.3) is 5.91 Å². The highest BCUT2D eigenvalue weighted by Crippen LogP contribution is 2.10. The molecule has 6 heteroatoms. The summed E-state index contributed by atoms with van der Waals surface area (Å²) < 4.78 is 0. The van der Waals surface area contributed by atoms with Gasteiger partial charge in [0.15, 0.2) is 0 Å². The van der Waals surface area contributed by atoms with Gasteiger partial charge < -0.3 is 10.0 Å². The third-order valence-corrected chi connectivity index (χ3v) is 2.73. The van der Waals surface area contributed by atoms with E-state index in [-0.39, 0.29) is 11.3 Å². The van der Waals surface area contributed by atoms with Gasteiger partial charge in [-0.05, 0) is 23.8 Å². The second kappa shape index (κ2) is 5.92. The van der Waals surface area contributed by atoms with Gasteiger partial charge in [0, 0.05) is 32.2 Å². The third kappa shape index (κ3) is 2.97. The zero-order chi connectivity index (χ0) is 14.5. The molecule has 102 valence electrons. The SMILES string of the molecule is CN(Cc1cccnc1)C(=O)c1ncccc1C(=O)O. The Morgan fingerprint density at radius 2 is 2.00 bits per heavy atom. The van der Waals surface area contributed by atoms with Crippen LogP contribution in [-0.2, 0) is 6.54 Å². The maximum Gasteiger partial charge on any atom is 0.338 e. The molecule has 0 radical (unpaired) electrons. The van der Waals surface area contributed by atoms with Crippen LogP contribution < -0.4 is 0 Å². The van der Waals surface area contributed by atoms with Crippen molar-refractivity contribution < 1.29 is 14.7 Å². The highest BCUT2D eigenvalue weighted by Gasteiger charge is 2.20. The molecule has 0 unspecified atom stereocenters. The number of carboxylic acid groups (broad SMARTS) is 1. The van der Waals surface area contributed by atoms with Crippen LogP contribution in [0.3, 0.4) is 0 Å². The van der Waals surface area contributed by atoms with E-state index in [9.17, 15) is 9.59 Å². The fourth-order valence-corrected chi connectivity index (χ4v) is 1.77. The number of hydrogen-bond acceptors (Lipinski definition) is 4. The fraction of sp³-hybridized carbons (Fsp3) is 0.143. The number of aromatic nitrogens is 2. The van der Waals surface area contributed by atoms with E-state index in [4.69, 9.17) is 5.11 Å². The molecule has 1 amide bonds. The number of aromatic carboxylic acids is 1. The van der Waals surface area contributed by atoms with Crippen molar-refractivity contribution in [1.29, 1.82) is 0 Å². The van der Waals surface area contributed by atoms with Crippen molar-refractivity contribution in [3.05, 3.63) is 59.7 Å². The number of carboxylic acids is 1. The van der Waals surface area contributed by atoms with Crippen molar-refractivity contribution in [3.63, 3.8) is 0 Å². The molecule has 2 aromatic rings. The van der Waals surface area contributed by atoms with Crippen LogP contribution in [0.4, 0.5) is 0 Å². The molecule has 6 nitrogen and oxygen atoms in total. The van der Waals surface area contributed by atoms with Crippen molar-refractivity contribution >= 4 is 11.9 Å². The second-order valence-electron chi connectivity index (χ2n) is 4.23. The molecule has 0 aromatic carbocycles. The molecule has 2 aromatic heterocycles. The Bertz CT molecular complexity index is 629. The van der Waals surface area contributed by atoms with E-state index in [1.54, 1.807) is 25.5 Å². The molecule has 0 atom stereocenters. The lowest BCUT2D eigenvalue weighted by Gasteiger charge is -2.17. The molecule has 0 aliphatic heterocycles. The van der Waals surface area contributed by atoms with Gasteiger partial charge in [-0.15, -0.1) is 0 Å². The average Bonchev–Trinajstić information content (AvgIpc) is 2.47. The van der Waals surface area contributed by atoms with E-state index in [1.807, 2.05) is 6.07 Å². The Hall–Kier alpha value is -2.76. The fourth-order valence-electron chi connectivity index (χ4n) is 1.77. The van der Waals surface area contributed by atoms with Gasteiger partial charge >= 0.3 is 5.97 Å². The van der Waals surface area contributed by atoms with Crippen LogP contribution in [0.5, 0.6) is 0 Å². The minimum absolute atomic E-state index is 0.0635. The predicted octanol–water partition coefficient (Wildman–Crippen LogP) is 1.45. The Morgan fingerprint density at radius 1 is 1.25 bits per heavy atom. The molecule has 0 bridgehead atoms. The standard InChI is InChI=1S/C14H13N3O3/c1-17(9-10-4-2-6-15-8-10)13(18)12-11(14(19)20)5-3-7-16-12/h2-8H,9H2,1H3,(H,19,20). The predicted molar refractivity (Wildman–Crippen MR) is 71.2 cm³/mol. The van der Waals surface area contributed by atoms with Crippen LogP contribution in [0, 0.1) is 0 Å². The molecule has 1 N–H and O–H groups in total. The first kappa shape index (κ1) is 13.7. The summed E-state index contributed by atoms with van der Waals surface area (Å²) in [4.78, 5) is 32.6. The molecular formula is C14H13N3O3. The number of hydrogen-bond donors (Lipinski definition) is 1. The Labute approximate surface area is 115 Å². The summed E-state index contributed by atoms with van der Waals surface area (Å²) in [6.45, 7) is 0.336. The monoisotopic (exact) mass is 271 g/mol. The van der Waals surface area contributed by atoms with E-state index in [1.165, 1.54) is 23.2 Å². The van der Waals surface area contributed by atoms with Gasteiger partial charge in [-0.1, -0.05) is 6.07 Å². The van der Waals surface area contributed by atoms with Crippen LogP contribution in [0.15, 0.2) is 42.9 Å². The molecule has 2 heterocycles. The van der Waals surface area contributed by atoms with Crippen molar-refractivity contribution in [2.24, 2.45) is 0 Å². The zero-order valence-electron chi connectivity index (χ0n) is 10.9. The molecule has 2 rings (SSSR count). The topological polar surface area (TPSA) is 83.4 Å². The molecule has 20 heavy (non-hydrogen) atoms. The van der Waals surface area contributed by atoms with Crippen LogP contribution in [0.25, 0.3) is 0 Å². The van der Waals surface area contributed by atoms with Gasteiger partial charge in [-0.25, -0.2) is 4.79 Å². The number of pyridine rings is 2. The van der Waals surface area contributed by atoms with Gasteiger partial charge in [0.2, 0.25) is 0 Å². The molecule has 0 spiro atoms. The summed E-state index contributed by atoms with van der Waals surface area (Å²) >= 11 is 0.